The molecule has 1 aliphatic carbocycles. The minimum absolute atomic E-state index is 0.221. The molecule has 0 bridgehead atoms. The fourth-order valence-electron chi connectivity index (χ4n) is 3.06. The maximum Gasteiger partial charge on any atom is 0.343 e. The van der Waals surface area contributed by atoms with Crippen LogP contribution in [0.3, 0.4) is 0 Å². The Balaban J connectivity index is 1.96. The first kappa shape index (κ1) is 16.7. The third kappa shape index (κ3) is 3.08. The number of aromatic nitrogens is 3. The Morgan fingerprint density at radius 2 is 2.25 bits per heavy atom. The molecule has 1 aliphatic rings. The summed E-state index contributed by atoms with van der Waals surface area (Å²) in [6.07, 6.45) is 2.54. The number of carbonyl (C=O) groups is 1. The van der Waals surface area contributed by atoms with Crippen molar-refractivity contribution in [3.8, 4) is 0 Å². The molecule has 0 spiro atoms. The van der Waals surface area contributed by atoms with Crippen LogP contribution in [0.15, 0.2) is 10.9 Å². The number of carbonyl (C=O) groups excluding carboxylic acids is 1. The van der Waals surface area contributed by atoms with E-state index in [0.29, 0.717) is 35.2 Å². The van der Waals surface area contributed by atoms with Gasteiger partial charge in [0, 0.05) is 24.3 Å². The van der Waals surface area contributed by atoms with Crippen molar-refractivity contribution in [1.82, 2.24) is 19.5 Å². The van der Waals surface area contributed by atoms with Gasteiger partial charge in [0.15, 0.2) is 5.65 Å². The zero-order valence-corrected chi connectivity index (χ0v) is 14.6. The van der Waals surface area contributed by atoms with Gasteiger partial charge in [-0.3, -0.25) is 14.8 Å². The number of fused-ring (bicyclic) bond motifs is 1. The van der Waals surface area contributed by atoms with Gasteiger partial charge in [-0.25, -0.2) is 14.3 Å². The van der Waals surface area contributed by atoms with Crippen LogP contribution < -0.4 is 5.56 Å². The van der Waals surface area contributed by atoms with E-state index in [1.165, 1.54) is 23.4 Å². The van der Waals surface area contributed by atoms with Crippen LogP contribution in [0.2, 0.25) is 0 Å². The number of aryl methyl sites for hydroxylation is 1. The molecule has 1 atom stereocenters. The fourth-order valence-corrected chi connectivity index (χ4v) is 3.06. The van der Waals surface area contributed by atoms with Crippen LogP contribution >= 0.6 is 0 Å². The smallest absolute Gasteiger partial charge is 0.343 e. The predicted octanol–water partition coefficient (Wildman–Crippen LogP) is 1.74. The van der Waals surface area contributed by atoms with Crippen LogP contribution in [0.1, 0.15) is 48.4 Å². The molecule has 1 fully saturated rings. The summed E-state index contributed by atoms with van der Waals surface area (Å²) in [6.45, 7) is 6.55. The molecule has 2 aromatic heterocycles. The third-order valence-electron chi connectivity index (χ3n) is 4.74. The lowest BCUT2D eigenvalue weighted by molar-refractivity contribution is 0.0527. The summed E-state index contributed by atoms with van der Waals surface area (Å²) < 4.78 is 6.39. The molecule has 7 nitrogen and oxygen atoms in total. The molecule has 0 saturated heterocycles. The standard InChI is InChI=1S/C17H24N4O3/c1-5-24-17(23)15-10(2)19-21-14(22)8-13(18-16(15)21)9-20(4)11(3)12-6-7-12/h8,11-12,19H,5-7,9H2,1-4H3/t11-/m1/s1. The topological polar surface area (TPSA) is 79.7 Å². The molecule has 24 heavy (non-hydrogen) atoms. The van der Waals surface area contributed by atoms with Crippen LogP contribution in [0.25, 0.3) is 5.65 Å². The van der Waals surface area contributed by atoms with E-state index < -0.39 is 5.97 Å². The number of H-pyrrole nitrogens is 1. The molecule has 0 aliphatic heterocycles. The summed E-state index contributed by atoms with van der Waals surface area (Å²) in [6, 6.07) is 1.98. The highest BCUT2D eigenvalue weighted by Crippen LogP contribution is 2.34. The van der Waals surface area contributed by atoms with E-state index in [1.54, 1.807) is 13.8 Å². The maximum atomic E-state index is 12.4. The lowest BCUT2D eigenvalue weighted by atomic mass is 10.2. The molecule has 3 rings (SSSR count). The summed E-state index contributed by atoms with van der Waals surface area (Å²) in [5.41, 5.74) is 1.69. The normalized spacial score (nSPS) is 15.9. The average Bonchev–Trinajstić information content (AvgIpc) is 3.30. The Bertz CT molecular complexity index is 819. The summed E-state index contributed by atoms with van der Waals surface area (Å²) in [4.78, 5) is 31.3. The Morgan fingerprint density at radius 1 is 1.54 bits per heavy atom. The second kappa shape index (κ2) is 6.39. The minimum atomic E-state index is -0.461. The molecular weight excluding hydrogens is 308 g/mol. The molecule has 0 amide bonds. The van der Waals surface area contributed by atoms with Gasteiger partial charge >= 0.3 is 5.97 Å². The summed E-state index contributed by atoms with van der Waals surface area (Å²) in [5, 5.41) is 2.89. The van der Waals surface area contributed by atoms with Gasteiger partial charge in [-0.15, -0.1) is 0 Å². The second-order valence-corrected chi connectivity index (χ2v) is 6.57. The zero-order valence-electron chi connectivity index (χ0n) is 14.6. The van der Waals surface area contributed by atoms with Crippen LogP contribution in [0, 0.1) is 12.8 Å². The number of hydrogen-bond donors (Lipinski definition) is 1. The Labute approximate surface area is 140 Å². The van der Waals surface area contributed by atoms with Crippen molar-refractivity contribution in [3.05, 3.63) is 33.4 Å². The van der Waals surface area contributed by atoms with Crippen LogP contribution in [0.4, 0.5) is 0 Å². The average molecular weight is 332 g/mol. The van der Waals surface area contributed by atoms with E-state index >= 15 is 0 Å². The summed E-state index contributed by atoms with van der Waals surface area (Å²) in [7, 11) is 2.04. The minimum Gasteiger partial charge on any atom is -0.462 e. The van der Waals surface area contributed by atoms with Gasteiger partial charge in [0.2, 0.25) is 0 Å². The number of nitrogens with one attached hydrogen (secondary N) is 1. The van der Waals surface area contributed by atoms with Crippen molar-refractivity contribution in [3.63, 3.8) is 0 Å². The van der Waals surface area contributed by atoms with Gasteiger partial charge in [0.1, 0.15) is 5.56 Å². The quantitative estimate of drug-likeness (QED) is 0.815. The van der Waals surface area contributed by atoms with Crippen LogP contribution in [-0.2, 0) is 11.3 Å². The Kier molecular flexibility index (Phi) is 4.45. The van der Waals surface area contributed by atoms with E-state index in [1.807, 2.05) is 7.05 Å². The molecule has 130 valence electrons. The number of hydrogen-bond acceptors (Lipinski definition) is 5. The highest BCUT2D eigenvalue weighted by Gasteiger charge is 2.30. The Hall–Kier alpha value is -2.15. The van der Waals surface area contributed by atoms with Crippen LogP contribution in [-0.4, -0.2) is 45.2 Å². The number of ether oxygens (including phenoxy) is 1. The zero-order chi connectivity index (χ0) is 17.4. The highest BCUT2D eigenvalue weighted by atomic mass is 16.5. The van der Waals surface area contributed by atoms with Gasteiger partial charge in [0.05, 0.1) is 12.3 Å². The van der Waals surface area contributed by atoms with Crippen molar-refractivity contribution in [2.75, 3.05) is 13.7 Å². The van der Waals surface area contributed by atoms with E-state index in [-0.39, 0.29) is 12.2 Å². The van der Waals surface area contributed by atoms with Gasteiger partial charge in [-0.2, -0.15) is 0 Å². The van der Waals surface area contributed by atoms with Gasteiger partial charge in [0.25, 0.3) is 5.56 Å². The van der Waals surface area contributed by atoms with Crippen molar-refractivity contribution in [1.29, 1.82) is 0 Å². The molecule has 0 radical (unpaired) electrons. The maximum absolute atomic E-state index is 12.4. The van der Waals surface area contributed by atoms with Gasteiger partial charge in [-0.1, -0.05) is 0 Å². The lowest BCUT2D eigenvalue weighted by Crippen LogP contribution is -2.31. The SMILES string of the molecule is CCOC(=O)c1c(C)[nH]n2c(=O)cc(CN(C)[C@H](C)C3CC3)nc12. The number of aromatic amines is 1. The molecule has 1 N–H and O–H groups in total. The molecule has 0 aromatic carbocycles. The first-order valence-corrected chi connectivity index (χ1v) is 8.41. The summed E-state index contributed by atoms with van der Waals surface area (Å²) in [5.74, 6) is 0.280. The van der Waals surface area contributed by atoms with E-state index in [4.69, 9.17) is 4.74 Å². The van der Waals surface area contributed by atoms with Crippen LogP contribution in [0.5, 0.6) is 0 Å². The number of rotatable bonds is 6. The first-order valence-electron chi connectivity index (χ1n) is 8.41. The van der Waals surface area contributed by atoms with Gasteiger partial charge < -0.3 is 4.74 Å². The molecule has 0 unspecified atom stereocenters. The van der Waals surface area contributed by atoms with Crippen molar-refractivity contribution < 1.29 is 9.53 Å². The lowest BCUT2D eigenvalue weighted by Gasteiger charge is -2.24. The van der Waals surface area contributed by atoms with E-state index in [2.05, 4.69) is 21.9 Å². The van der Waals surface area contributed by atoms with Gasteiger partial charge in [-0.05, 0) is 46.6 Å². The molecular formula is C17H24N4O3. The van der Waals surface area contributed by atoms with Crippen molar-refractivity contribution in [2.45, 2.75) is 46.2 Å². The van der Waals surface area contributed by atoms with Crippen molar-refractivity contribution in [2.24, 2.45) is 5.92 Å². The second-order valence-electron chi connectivity index (χ2n) is 6.57. The molecule has 2 aromatic rings. The highest BCUT2D eigenvalue weighted by molar-refractivity contribution is 5.97. The van der Waals surface area contributed by atoms with E-state index in [9.17, 15) is 9.59 Å². The summed E-state index contributed by atoms with van der Waals surface area (Å²) >= 11 is 0. The first-order chi connectivity index (χ1) is 11.4. The van der Waals surface area contributed by atoms with Crippen molar-refractivity contribution >= 4 is 11.6 Å². The third-order valence-corrected chi connectivity index (χ3v) is 4.74. The monoisotopic (exact) mass is 332 g/mol. The molecule has 2 heterocycles. The van der Waals surface area contributed by atoms with E-state index in [0.717, 1.165) is 5.92 Å². The largest absolute Gasteiger partial charge is 0.462 e. The molecule has 1 saturated carbocycles. The Morgan fingerprint density at radius 3 is 2.88 bits per heavy atom. The number of nitrogens with zero attached hydrogens (tertiary/aromatic N) is 3. The predicted molar refractivity (Wildman–Crippen MR) is 90.2 cm³/mol. The molecule has 7 heteroatoms. The fraction of sp³-hybridized carbons (Fsp3) is 0.588. The number of esters is 1.